The van der Waals surface area contributed by atoms with Crippen molar-refractivity contribution < 1.29 is 9.53 Å². The number of hydrogen-bond donors (Lipinski definition) is 2. The van der Waals surface area contributed by atoms with Gasteiger partial charge in [-0.25, -0.2) is 9.20 Å². The molecule has 24 heavy (non-hydrogen) atoms. The van der Waals surface area contributed by atoms with E-state index in [2.05, 4.69) is 20.8 Å². The van der Waals surface area contributed by atoms with Gasteiger partial charge in [-0.3, -0.25) is 5.32 Å². The molecule has 0 spiro atoms. The lowest BCUT2D eigenvalue weighted by molar-refractivity contribution is 0.262. The third kappa shape index (κ3) is 3.15. The van der Waals surface area contributed by atoms with Gasteiger partial charge in [-0.1, -0.05) is 18.2 Å². The van der Waals surface area contributed by atoms with E-state index in [4.69, 9.17) is 4.74 Å². The number of ether oxygens (including phenoxy) is 1. The van der Waals surface area contributed by atoms with Crippen LogP contribution < -0.4 is 15.4 Å². The minimum Gasteiger partial charge on any atom is -0.479 e. The van der Waals surface area contributed by atoms with Crippen LogP contribution in [0.5, 0.6) is 5.88 Å². The van der Waals surface area contributed by atoms with Gasteiger partial charge in [0.05, 0.1) is 6.61 Å². The summed E-state index contributed by atoms with van der Waals surface area (Å²) in [5, 5.41) is 13.6. The van der Waals surface area contributed by atoms with Crippen LogP contribution in [0, 0.1) is 13.8 Å². The summed E-state index contributed by atoms with van der Waals surface area (Å²) in [5.41, 5.74) is 3.41. The summed E-state index contributed by atoms with van der Waals surface area (Å²) in [7, 11) is 0. The average Bonchev–Trinajstić information content (AvgIpc) is 2.95. The second-order valence-electron chi connectivity index (χ2n) is 5.41. The van der Waals surface area contributed by atoms with Gasteiger partial charge in [0.1, 0.15) is 0 Å². The fourth-order valence-corrected chi connectivity index (χ4v) is 2.38. The third-order valence-electron chi connectivity index (χ3n) is 3.55. The van der Waals surface area contributed by atoms with E-state index in [0.29, 0.717) is 24.1 Å². The zero-order valence-corrected chi connectivity index (χ0v) is 13.8. The number of nitrogens with one attached hydrogen (secondary N) is 2. The molecule has 0 saturated heterocycles. The summed E-state index contributed by atoms with van der Waals surface area (Å²) >= 11 is 0. The van der Waals surface area contributed by atoms with Crippen LogP contribution in [0.25, 0.3) is 5.65 Å². The number of hydrogen-bond acceptors (Lipinski definition) is 4. The van der Waals surface area contributed by atoms with E-state index < -0.39 is 0 Å². The molecule has 7 nitrogen and oxygen atoms in total. The van der Waals surface area contributed by atoms with Crippen molar-refractivity contribution in [1.29, 1.82) is 0 Å². The second kappa shape index (κ2) is 6.57. The Balaban J connectivity index is 1.84. The van der Waals surface area contributed by atoms with Gasteiger partial charge in [-0.2, -0.15) is 0 Å². The monoisotopic (exact) mass is 325 g/mol. The van der Waals surface area contributed by atoms with E-state index in [1.54, 1.807) is 16.5 Å². The standard InChI is InChI=1S/C17H19N5O2/c1-4-24-15-7-5-6-14-20-21-16(22(14)15)19-17(23)18-13-10-11(2)8-9-12(13)3/h5-10H,4H2,1-3H3,(H2,18,19,21,23). The number of urea groups is 1. The number of pyridine rings is 1. The Hall–Kier alpha value is -3.09. The van der Waals surface area contributed by atoms with Crippen LogP contribution in [-0.2, 0) is 0 Å². The van der Waals surface area contributed by atoms with Crippen LogP contribution in [0.2, 0.25) is 0 Å². The van der Waals surface area contributed by atoms with Crippen molar-refractivity contribution >= 4 is 23.3 Å². The maximum Gasteiger partial charge on any atom is 0.326 e. The lowest BCUT2D eigenvalue weighted by Crippen LogP contribution is -2.21. The van der Waals surface area contributed by atoms with Gasteiger partial charge in [-0.15, -0.1) is 10.2 Å². The van der Waals surface area contributed by atoms with Gasteiger partial charge in [-0.05, 0) is 50.1 Å². The number of benzene rings is 1. The van der Waals surface area contributed by atoms with E-state index in [9.17, 15) is 4.79 Å². The van der Waals surface area contributed by atoms with Crippen LogP contribution in [0.1, 0.15) is 18.1 Å². The summed E-state index contributed by atoms with van der Waals surface area (Å²) < 4.78 is 7.22. The van der Waals surface area contributed by atoms with Crippen molar-refractivity contribution in [3.8, 4) is 5.88 Å². The van der Waals surface area contributed by atoms with Crippen molar-refractivity contribution in [3.63, 3.8) is 0 Å². The average molecular weight is 325 g/mol. The van der Waals surface area contributed by atoms with E-state index in [-0.39, 0.29) is 6.03 Å². The highest BCUT2D eigenvalue weighted by Crippen LogP contribution is 2.20. The molecule has 0 radical (unpaired) electrons. The van der Waals surface area contributed by atoms with E-state index >= 15 is 0 Å². The highest BCUT2D eigenvalue weighted by atomic mass is 16.5. The first-order valence-corrected chi connectivity index (χ1v) is 7.70. The van der Waals surface area contributed by atoms with Gasteiger partial charge >= 0.3 is 6.03 Å². The lowest BCUT2D eigenvalue weighted by atomic mass is 10.1. The Morgan fingerprint density at radius 2 is 2.00 bits per heavy atom. The minimum atomic E-state index is -0.385. The molecule has 1 aromatic carbocycles. The van der Waals surface area contributed by atoms with Gasteiger partial charge in [0.25, 0.3) is 0 Å². The Kier molecular flexibility index (Phi) is 4.33. The normalized spacial score (nSPS) is 10.6. The second-order valence-corrected chi connectivity index (χ2v) is 5.41. The van der Waals surface area contributed by atoms with Crippen molar-refractivity contribution in [2.75, 3.05) is 17.2 Å². The predicted molar refractivity (Wildman–Crippen MR) is 92.7 cm³/mol. The molecule has 3 aromatic rings. The molecule has 0 atom stereocenters. The summed E-state index contributed by atoms with van der Waals surface area (Å²) in [6, 6.07) is 10.9. The highest BCUT2D eigenvalue weighted by Gasteiger charge is 2.13. The maximum atomic E-state index is 12.3. The Bertz CT molecular complexity index is 888. The van der Waals surface area contributed by atoms with Crippen molar-refractivity contribution in [1.82, 2.24) is 14.6 Å². The molecular formula is C17H19N5O2. The Morgan fingerprint density at radius 3 is 2.79 bits per heavy atom. The van der Waals surface area contributed by atoms with Crippen molar-refractivity contribution in [2.24, 2.45) is 0 Å². The van der Waals surface area contributed by atoms with Crippen LogP contribution in [-0.4, -0.2) is 27.2 Å². The first-order chi connectivity index (χ1) is 11.6. The molecule has 7 heteroatoms. The van der Waals surface area contributed by atoms with Crippen LogP contribution in [0.3, 0.4) is 0 Å². The van der Waals surface area contributed by atoms with Gasteiger partial charge in [0, 0.05) is 5.69 Å². The van der Waals surface area contributed by atoms with Crippen LogP contribution in [0.15, 0.2) is 36.4 Å². The molecule has 0 fully saturated rings. The zero-order chi connectivity index (χ0) is 17.1. The minimum absolute atomic E-state index is 0.303. The number of fused-ring (bicyclic) bond motifs is 1. The molecule has 0 saturated carbocycles. The number of carbonyl (C=O) groups excluding carboxylic acids is 1. The van der Waals surface area contributed by atoms with Crippen LogP contribution >= 0.6 is 0 Å². The molecule has 0 aliphatic carbocycles. The summed E-state index contributed by atoms with van der Waals surface area (Å²) in [6.45, 7) is 6.31. The molecule has 2 heterocycles. The lowest BCUT2D eigenvalue weighted by Gasteiger charge is -2.11. The predicted octanol–water partition coefficient (Wildman–Crippen LogP) is 3.39. The van der Waals surface area contributed by atoms with E-state index in [1.165, 1.54) is 0 Å². The summed E-state index contributed by atoms with van der Waals surface area (Å²) in [6.07, 6.45) is 0. The van der Waals surface area contributed by atoms with Gasteiger partial charge in [0.15, 0.2) is 5.65 Å². The van der Waals surface area contributed by atoms with Gasteiger partial charge in [0.2, 0.25) is 11.8 Å². The number of amides is 2. The molecule has 0 bridgehead atoms. The number of nitrogens with zero attached hydrogens (tertiary/aromatic N) is 3. The number of rotatable bonds is 4. The molecule has 3 rings (SSSR count). The largest absolute Gasteiger partial charge is 0.479 e. The molecule has 2 amide bonds. The molecule has 0 aliphatic heterocycles. The summed E-state index contributed by atoms with van der Waals surface area (Å²) in [5.74, 6) is 0.874. The number of aryl methyl sites for hydroxylation is 2. The third-order valence-corrected chi connectivity index (χ3v) is 3.55. The zero-order valence-electron chi connectivity index (χ0n) is 13.8. The van der Waals surface area contributed by atoms with Gasteiger partial charge < -0.3 is 10.1 Å². The smallest absolute Gasteiger partial charge is 0.326 e. The van der Waals surface area contributed by atoms with E-state index in [0.717, 1.165) is 16.8 Å². The van der Waals surface area contributed by atoms with E-state index in [1.807, 2.05) is 45.0 Å². The molecular weight excluding hydrogens is 306 g/mol. The maximum absolute atomic E-state index is 12.3. The van der Waals surface area contributed by atoms with Crippen molar-refractivity contribution in [2.45, 2.75) is 20.8 Å². The molecule has 2 N–H and O–H groups in total. The fourth-order valence-electron chi connectivity index (χ4n) is 2.38. The fraction of sp³-hybridized carbons (Fsp3) is 0.235. The number of aromatic nitrogens is 3. The van der Waals surface area contributed by atoms with Crippen LogP contribution in [0.4, 0.5) is 16.4 Å². The molecule has 0 unspecified atom stereocenters. The quantitative estimate of drug-likeness (QED) is 0.770. The molecule has 2 aromatic heterocycles. The SMILES string of the molecule is CCOc1cccc2nnc(NC(=O)Nc3cc(C)ccc3C)n12. The summed E-state index contributed by atoms with van der Waals surface area (Å²) in [4.78, 5) is 12.3. The van der Waals surface area contributed by atoms with Crippen molar-refractivity contribution in [3.05, 3.63) is 47.5 Å². The highest BCUT2D eigenvalue weighted by molar-refractivity contribution is 5.99. The Labute approximate surface area is 139 Å². The topological polar surface area (TPSA) is 80.6 Å². The number of carbonyl (C=O) groups is 1. The first-order valence-electron chi connectivity index (χ1n) is 7.70. The molecule has 124 valence electrons. The number of anilines is 2. The Morgan fingerprint density at radius 1 is 1.17 bits per heavy atom. The first kappa shape index (κ1) is 15.8. The molecule has 0 aliphatic rings.